The average molecular weight is 480 g/mol. The molecule has 1 heterocycles. The molecule has 0 radical (unpaired) electrons. The first-order chi connectivity index (χ1) is 16.7. The molecule has 2 aliphatic rings. The van der Waals surface area contributed by atoms with E-state index >= 15 is 0 Å². The Morgan fingerprint density at radius 2 is 1.80 bits per heavy atom. The standard InChI is InChI=1S/C25H24N2O8/c1-14-7-9-16-18(11-14)24(30)26(23(16)29)19-6-4-3-5-17(19)25(31)35-13-21(28)15-8-10-22(34-2)20(12-15)27(32)33/h3-6,8,10,12,14,16,18H,7,9,11,13H2,1-2H3/t14-,16+,18-/m0/s1. The molecule has 3 atom stereocenters. The van der Waals surface area contributed by atoms with Crippen molar-refractivity contribution in [2.24, 2.45) is 17.8 Å². The molecule has 0 N–H and O–H groups in total. The van der Waals surface area contributed by atoms with E-state index in [0.717, 1.165) is 17.4 Å². The highest BCUT2D eigenvalue weighted by molar-refractivity contribution is 6.24. The number of benzene rings is 2. The minimum absolute atomic E-state index is 0.00706. The second-order valence-electron chi connectivity index (χ2n) is 8.80. The lowest BCUT2D eigenvalue weighted by atomic mass is 9.76. The summed E-state index contributed by atoms with van der Waals surface area (Å²) < 4.78 is 10.1. The third kappa shape index (κ3) is 4.51. The van der Waals surface area contributed by atoms with E-state index in [2.05, 4.69) is 6.92 Å². The number of amides is 2. The number of esters is 1. The summed E-state index contributed by atoms with van der Waals surface area (Å²) >= 11 is 0. The van der Waals surface area contributed by atoms with Crippen LogP contribution < -0.4 is 9.64 Å². The number of methoxy groups -OCH3 is 1. The van der Waals surface area contributed by atoms with Crippen molar-refractivity contribution < 1.29 is 33.6 Å². The molecule has 2 aromatic carbocycles. The molecule has 2 aromatic rings. The molecule has 2 fully saturated rings. The van der Waals surface area contributed by atoms with Gasteiger partial charge in [0.15, 0.2) is 12.4 Å². The first-order valence-corrected chi connectivity index (χ1v) is 11.2. The van der Waals surface area contributed by atoms with Gasteiger partial charge in [-0.3, -0.25) is 24.5 Å². The van der Waals surface area contributed by atoms with Crippen molar-refractivity contribution in [2.75, 3.05) is 18.6 Å². The number of hydrogen-bond acceptors (Lipinski definition) is 8. The van der Waals surface area contributed by atoms with Gasteiger partial charge >= 0.3 is 11.7 Å². The number of rotatable bonds is 7. The van der Waals surface area contributed by atoms with Gasteiger partial charge in [-0.2, -0.15) is 0 Å². The minimum Gasteiger partial charge on any atom is -0.490 e. The normalized spacial score (nSPS) is 21.4. The number of para-hydroxylation sites is 1. The van der Waals surface area contributed by atoms with Gasteiger partial charge in [0.25, 0.3) is 0 Å². The molecule has 0 unspecified atom stereocenters. The van der Waals surface area contributed by atoms with Crippen molar-refractivity contribution in [1.29, 1.82) is 0 Å². The van der Waals surface area contributed by atoms with Crippen molar-refractivity contribution in [3.05, 3.63) is 63.7 Å². The first kappa shape index (κ1) is 24.1. The Morgan fingerprint density at radius 1 is 1.09 bits per heavy atom. The van der Waals surface area contributed by atoms with Crippen LogP contribution in [0.2, 0.25) is 0 Å². The minimum atomic E-state index is -0.888. The third-order valence-electron chi connectivity index (χ3n) is 6.58. The molecule has 1 saturated heterocycles. The Hall–Kier alpha value is -4.08. The van der Waals surface area contributed by atoms with Gasteiger partial charge < -0.3 is 9.47 Å². The Balaban J connectivity index is 1.52. The first-order valence-electron chi connectivity index (χ1n) is 11.2. The van der Waals surface area contributed by atoms with Gasteiger partial charge in [0.1, 0.15) is 0 Å². The van der Waals surface area contributed by atoms with Crippen LogP contribution in [0.1, 0.15) is 46.9 Å². The van der Waals surface area contributed by atoms with Crippen LogP contribution in [-0.2, 0) is 14.3 Å². The highest BCUT2D eigenvalue weighted by atomic mass is 16.6. The molecule has 1 aliphatic heterocycles. The molecule has 4 rings (SSSR count). The van der Waals surface area contributed by atoms with E-state index in [1.54, 1.807) is 12.1 Å². The fourth-order valence-electron chi connectivity index (χ4n) is 4.77. The molecule has 1 aliphatic carbocycles. The molecule has 0 aromatic heterocycles. The fraction of sp³-hybridized carbons (Fsp3) is 0.360. The predicted molar refractivity (Wildman–Crippen MR) is 123 cm³/mol. The van der Waals surface area contributed by atoms with Gasteiger partial charge in [-0.05, 0) is 49.4 Å². The van der Waals surface area contributed by atoms with Crippen molar-refractivity contribution in [2.45, 2.75) is 26.2 Å². The van der Waals surface area contributed by atoms with Crippen molar-refractivity contribution in [3.63, 3.8) is 0 Å². The van der Waals surface area contributed by atoms with E-state index in [1.807, 2.05) is 0 Å². The molecule has 35 heavy (non-hydrogen) atoms. The van der Waals surface area contributed by atoms with Gasteiger partial charge in [0.05, 0.1) is 35.1 Å². The maximum absolute atomic E-state index is 13.1. The molecule has 0 spiro atoms. The molecular weight excluding hydrogens is 456 g/mol. The summed E-state index contributed by atoms with van der Waals surface area (Å²) in [7, 11) is 1.27. The van der Waals surface area contributed by atoms with E-state index in [1.165, 1.54) is 31.4 Å². The second kappa shape index (κ2) is 9.65. The zero-order valence-corrected chi connectivity index (χ0v) is 19.3. The third-order valence-corrected chi connectivity index (χ3v) is 6.58. The number of nitro benzene ring substituents is 1. The van der Waals surface area contributed by atoms with Crippen molar-refractivity contribution in [3.8, 4) is 5.75 Å². The quantitative estimate of drug-likeness (QED) is 0.193. The summed E-state index contributed by atoms with van der Waals surface area (Å²) in [5.74, 6) is -2.66. The maximum atomic E-state index is 13.1. The average Bonchev–Trinajstić information content (AvgIpc) is 3.10. The van der Waals surface area contributed by atoms with Crippen LogP contribution in [0.4, 0.5) is 11.4 Å². The summed E-state index contributed by atoms with van der Waals surface area (Å²) in [6, 6.07) is 9.77. The Kier molecular flexibility index (Phi) is 6.63. The summed E-state index contributed by atoms with van der Waals surface area (Å²) in [5.41, 5.74) is -0.310. The molecule has 10 heteroatoms. The lowest BCUT2D eigenvalue weighted by molar-refractivity contribution is -0.385. The van der Waals surface area contributed by atoms with Crippen LogP contribution in [-0.4, -0.2) is 42.2 Å². The topological polar surface area (TPSA) is 133 Å². The molecule has 10 nitrogen and oxygen atoms in total. The summed E-state index contributed by atoms with van der Waals surface area (Å²) in [5, 5.41) is 11.2. The largest absolute Gasteiger partial charge is 0.490 e. The molecular formula is C25H24N2O8. The SMILES string of the molecule is COc1ccc(C(=O)COC(=O)c2ccccc2N2C(=O)[C@H]3C[C@@H](C)CC[C@H]3C2=O)cc1[N+](=O)[O-]. The van der Waals surface area contributed by atoms with Crippen LogP contribution >= 0.6 is 0 Å². The van der Waals surface area contributed by atoms with Crippen LogP contribution in [0.15, 0.2) is 42.5 Å². The number of ether oxygens (including phenoxy) is 2. The number of nitro groups is 1. The highest BCUT2D eigenvalue weighted by Crippen LogP contribution is 2.42. The van der Waals surface area contributed by atoms with E-state index in [4.69, 9.17) is 9.47 Å². The summed E-state index contributed by atoms with van der Waals surface area (Å²) in [6.45, 7) is 1.37. The molecule has 0 bridgehead atoms. The number of hydrogen-bond donors (Lipinski definition) is 0. The highest BCUT2D eigenvalue weighted by Gasteiger charge is 2.50. The van der Waals surface area contributed by atoms with Crippen LogP contribution in [0.25, 0.3) is 0 Å². The van der Waals surface area contributed by atoms with Crippen LogP contribution in [0, 0.1) is 27.9 Å². The number of carbonyl (C=O) groups is 4. The van der Waals surface area contributed by atoms with E-state index < -0.39 is 40.8 Å². The summed E-state index contributed by atoms with van der Waals surface area (Å²) in [4.78, 5) is 63.1. The lowest BCUT2D eigenvalue weighted by Gasteiger charge is -2.25. The van der Waals surface area contributed by atoms with Gasteiger partial charge in [0.2, 0.25) is 17.6 Å². The number of carbonyl (C=O) groups excluding carboxylic acids is 4. The van der Waals surface area contributed by atoms with Crippen LogP contribution in [0.3, 0.4) is 0 Å². The number of Topliss-reactive ketones (excluding diaryl/α,β-unsaturated/α-hetero) is 1. The Bertz CT molecular complexity index is 1220. The van der Waals surface area contributed by atoms with Crippen molar-refractivity contribution in [1.82, 2.24) is 0 Å². The summed E-state index contributed by atoms with van der Waals surface area (Å²) in [6.07, 6.45) is 2.12. The smallest absolute Gasteiger partial charge is 0.340 e. The molecule has 1 saturated carbocycles. The van der Waals surface area contributed by atoms with Gasteiger partial charge in [-0.1, -0.05) is 19.1 Å². The van der Waals surface area contributed by atoms with E-state index in [9.17, 15) is 29.3 Å². The Labute approximate surface area is 201 Å². The van der Waals surface area contributed by atoms with Crippen molar-refractivity contribution >= 4 is 34.9 Å². The van der Waals surface area contributed by atoms with Gasteiger partial charge in [-0.25, -0.2) is 9.69 Å². The number of nitrogens with zero attached hydrogens (tertiary/aromatic N) is 2. The molecule has 182 valence electrons. The Morgan fingerprint density at radius 3 is 2.51 bits per heavy atom. The zero-order valence-electron chi connectivity index (χ0n) is 19.3. The lowest BCUT2D eigenvalue weighted by Crippen LogP contribution is -2.32. The number of ketones is 1. The number of fused-ring (bicyclic) bond motifs is 1. The fourth-order valence-corrected chi connectivity index (χ4v) is 4.77. The van der Waals surface area contributed by atoms with Crippen LogP contribution in [0.5, 0.6) is 5.75 Å². The van der Waals surface area contributed by atoms with Gasteiger partial charge in [0, 0.05) is 11.6 Å². The second-order valence-corrected chi connectivity index (χ2v) is 8.80. The van der Waals surface area contributed by atoms with Gasteiger partial charge in [-0.15, -0.1) is 0 Å². The zero-order chi connectivity index (χ0) is 25.3. The monoisotopic (exact) mass is 480 g/mol. The molecule has 2 amide bonds. The van der Waals surface area contributed by atoms with E-state index in [0.29, 0.717) is 18.8 Å². The predicted octanol–water partition coefficient (Wildman–Crippen LogP) is 3.57. The number of imide groups is 1. The maximum Gasteiger partial charge on any atom is 0.340 e. The van der Waals surface area contributed by atoms with E-state index in [-0.39, 0.29) is 34.4 Å². The number of anilines is 1.